The van der Waals surface area contributed by atoms with Gasteiger partial charge >= 0.3 is 5.97 Å². The number of fused-ring (bicyclic) bond motifs is 1. The van der Waals surface area contributed by atoms with Gasteiger partial charge in [-0.3, -0.25) is 9.59 Å². The summed E-state index contributed by atoms with van der Waals surface area (Å²) in [5.74, 6) is -1.53. The molecule has 27 heavy (non-hydrogen) atoms. The highest BCUT2D eigenvalue weighted by atomic mass is 16.4. The SMILES string of the molecule is O=C(O)[C@@H]1c2ccccc2C(=O)N(CCc2ccccc2)[C@H]1c1ccco1. The maximum absolute atomic E-state index is 13.2. The predicted octanol–water partition coefficient (Wildman–Crippen LogP) is 3.89. The molecule has 2 aromatic carbocycles. The normalized spacial score (nSPS) is 19.0. The van der Waals surface area contributed by atoms with E-state index in [1.165, 1.54) is 6.26 Å². The molecule has 2 heterocycles. The zero-order valence-corrected chi connectivity index (χ0v) is 14.6. The molecule has 0 unspecified atom stereocenters. The van der Waals surface area contributed by atoms with E-state index < -0.39 is 17.9 Å². The van der Waals surface area contributed by atoms with Crippen LogP contribution in [0.5, 0.6) is 0 Å². The summed E-state index contributed by atoms with van der Waals surface area (Å²) in [6, 6.07) is 19.6. The third kappa shape index (κ3) is 3.12. The van der Waals surface area contributed by atoms with Crippen LogP contribution in [0.3, 0.4) is 0 Å². The summed E-state index contributed by atoms with van der Waals surface area (Å²) in [4.78, 5) is 27.0. The highest BCUT2D eigenvalue weighted by Crippen LogP contribution is 2.42. The van der Waals surface area contributed by atoms with Crippen LogP contribution in [0.2, 0.25) is 0 Å². The van der Waals surface area contributed by atoms with Crippen LogP contribution in [0.15, 0.2) is 77.4 Å². The molecule has 5 heteroatoms. The first-order chi connectivity index (χ1) is 13.2. The Labute approximate surface area is 156 Å². The average molecular weight is 361 g/mol. The van der Waals surface area contributed by atoms with E-state index in [1.54, 1.807) is 41.3 Å². The summed E-state index contributed by atoms with van der Waals surface area (Å²) in [7, 11) is 0. The van der Waals surface area contributed by atoms with E-state index in [-0.39, 0.29) is 5.91 Å². The number of amides is 1. The van der Waals surface area contributed by atoms with Gasteiger partial charge in [0.15, 0.2) is 0 Å². The van der Waals surface area contributed by atoms with E-state index in [0.717, 1.165) is 5.56 Å². The van der Waals surface area contributed by atoms with Gasteiger partial charge < -0.3 is 14.4 Å². The van der Waals surface area contributed by atoms with Gasteiger partial charge in [0.2, 0.25) is 0 Å². The average Bonchev–Trinajstić information content (AvgIpc) is 3.22. The van der Waals surface area contributed by atoms with Crippen molar-refractivity contribution in [3.8, 4) is 0 Å². The van der Waals surface area contributed by atoms with E-state index >= 15 is 0 Å². The first-order valence-electron chi connectivity index (χ1n) is 8.87. The van der Waals surface area contributed by atoms with Gasteiger partial charge in [0.25, 0.3) is 5.91 Å². The molecule has 2 atom stereocenters. The summed E-state index contributed by atoms with van der Waals surface area (Å²) in [5, 5.41) is 9.96. The minimum absolute atomic E-state index is 0.166. The number of hydrogen-bond donors (Lipinski definition) is 1. The Balaban J connectivity index is 1.77. The van der Waals surface area contributed by atoms with Crippen LogP contribution < -0.4 is 0 Å². The van der Waals surface area contributed by atoms with Crippen LogP contribution in [0, 0.1) is 0 Å². The number of carbonyl (C=O) groups excluding carboxylic acids is 1. The Morgan fingerprint density at radius 1 is 1.00 bits per heavy atom. The molecule has 1 aliphatic rings. The third-order valence-corrected chi connectivity index (χ3v) is 5.02. The lowest BCUT2D eigenvalue weighted by Gasteiger charge is -2.39. The molecule has 0 saturated carbocycles. The van der Waals surface area contributed by atoms with Crippen molar-refractivity contribution in [2.45, 2.75) is 18.4 Å². The quantitative estimate of drug-likeness (QED) is 0.748. The Kier molecular flexibility index (Phi) is 4.50. The van der Waals surface area contributed by atoms with Crippen LogP contribution in [0.25, 0.3) is 0 Å². The van der Waals surface area contributed by atoms with Gasteiger partial charge in [-0.25, -0.2) is 0 Å². The van der Waals surface area contributed by atoms with Crippen molar-refractivity contribution >= 4 is 11.9 Å². The van der Waals surface area contributed by atoms with Gasteiger partial charge in [0.1, 0.15) is 17.7 Å². The van der Waals surface area contributed by atoms with Gasteiger partial charge in [-0.1, -0.05) is 48.5 Å². The molecule has 3 aromatic rings. The predicted molar refractivity (Wildman–Crippen MR) is 99.5 cm³/mol. The number of carboxylic acids is 1. The molecule has 0 fully saturated rings. The van der Waals surface area contributed by atoms with Crippen LogP contribution in [-0.2, 0) is 11.2 Å². The highest BCUT2D eigenvalue weighted by molar-refractivity contribution is 6.00. The smallest absolute Gasteiger partial charge is 0.313 e. The molecular formula is C22H19NO4. The fourth-order valence-corrected chi connectivity index (χ4v) is 3.77. The van der Waals surface area contributed by atoms with E-state index in [9.17, 15) is 14.7 Å². The lowest BCUT2D eigenvalue weighted by atomic mass is 9.81. The lowest BCUT2D eigenvalue weighted by molar-refractivity contribution is -0.140. The van der Waals surface area contributed by atoms with E-state index in [0.29, 0.717) is 29.9 Å². The van der Waals surface area contributed by atoms with Crippen molar-refractivity contribution in [2.24, 2.45) is 0 Å². The van der Waals surface area contributed by atoms with Crippen molar-refractivity contribution in [3.63, 3.8) is 0 Å². The van der Waals surface area contributed by atoms with Gasteiger partial charge in [-0.2, -0.15) is 0 Å². The van der Waals surface area contributed by atoms with Crippen molar-refractivity contribution in [3.05, 3.63) is 95.4 Å². The second-order valence-corrected chi connectivity index (χ2v) is 6.60. The maximum Gasteiger partial charge on any atom is 0.313 e. The minimum atomic E-state index is -0.971. The zero-order valence-electron chi connectivity index (χ0n) is 14.6. The zero-order chi connectivity index (χ0) is 18.8. The molecule has 0 saturated heterocycles. The first kappa shape index (κ1) is 17.1. The second-order valence-electron chi connectivity index (χ2n) is 6.60. The summed E-state index contributed by atoms with van der Waals surface area (Å²) in [6.07, 6.45) is 2.15. The van der Waals surface area contributed by atoms with Gasteiger partial charge in [-0.05, 0) is 35.7 Å². The molecule has 0 spiro atoms. The summed E-state index contributed by atoms with van der Waals surface area (Å²) in [5.41, 5.74) is 2.07. The van der Waals surface area contributed by atoms with E-state index in [2.05, 4.69) is 0 Å². The number of hydrogen-bond acceptors (Lipinski definition) is 3. The topological polar surface area (TPSA) is 70.8 Å². The lowest BCUT2D eigenvalue weighted by Crippen LogP contribution is -2.45. The van der Waals surface area contributed by atoms with E-state index in [1.807, 2.05) is 30.3 Å². The molecule has 5 nitrogen and oxygen atoms in total. The molecule has 0 bridgehead atoms. The molecule has 1 aromatic heterocycles. The van der Waals surface area contributed by atoms with Crippen LogP contribution in [-0.4, -0.2) is 28.4 Å². The van der Waals surface area contributed by atoms with Gasteiger partial charge in [0, 0.05) is 12.1 Å². The highest BCUT2D eigenvalue weighted by Gasteiger charge is 2.45. The maximum atomic E-state index is 13.2. The van der Waals surface area contributed by atoms with Crippen molar-refractivity contribution < 1.29 is 19.1 Å². The Bertz CT molecular complexity index is 949. The standard InChI is InChI=1S/C22H19NO4/c24-21-17-10-5-4-9-16(17)19(22(25)26)20(18-11-6-14-27-18)23(21)13-12-15-7-2-1-3-8-15/h1-11,14,19-20H,12-13H2,(H,25,26)/t19-,20+/m1/s1. The number of nitrogens with zero attached hydrogens (tertiary/aromatic N) is 1. The van der Waals surface area contributed by atoms with Gasteiger partial charge in [-0.15, -0.1) is 0 Å². The number of furan rings is 1. The molecule has 0 radical (unpaired) electrons. The number of aliphatic carboxylic acids is 1. The summed E-state index contributed by atoms with van der Waals surface area (Å²) < 4.78 is 5.54. The molecular weight excluding hydrogens is 342 g/mol. The second kappa shape index (κ2) is 7.11. The van der Waals surface area contributed by atoms with Crippen LogP contribution in [0.1, 0.15) is 39.2 Å². The van der Waals surface area contributed by atoms with Crippen LogP contribution in [0.4, 0.5) is 0 Å². The van der Waals surface area contributed by atoms with Crippen molar-refractivity contribution in [1.29, 1.82) is 0 Å². The molecule has 1 N–H and O–H groups in total. The fraction of sp³-hybridized carbons (Fsp3) is 0.182. The molecule has 4 rings (SSSR count). The van der Waals surface area contributed by atoms with Gasteiger partial charge in [0.05, 0.1) is 6.26 Å². The minimum Gasteiger partial charge on any atom is -0.481 e. The third-order valence-electron chi connectivity index (χ3n) is 5.02. The monoisotopic (exact) mass is 361 g/mol. The summed E-state index contributed by atoms with van der Waals surface area (Å²) >= 11 is 0. The number of carbonyl (C=O) groups is 2. The fourth-order valence-electron chi connectivity index (χ4n) is 3.77. The molecule has 1 aliphatic heterocycles. The summed E-state index contributed by atoms with van der Waals surface area (Å²) in [6.45, 7) is 0.409. The largest absolute Gasteiger partial charge is 0.481 e. The van der Waals surface area contributed by atoms with E-state index in [4.69, 9.17) is 4.42 Å². The Hall–Kier alpha value is -3.34. The molecule has 0 aliphatic carbocycles. The van der Waals surface area contributed by atoms with Crippen LogP contribution >= 0.6 is 0 Å². The Morgan fingerprint density at radius 2 is 1.74 bits per heavy atom. The number of benzene rings is 2. The Morgan fingerprint density at radius 3 is 2.44 bits per heavy atom. The molecule has 136 valence electrons. The number of carboxylic acid groups (broad SMARTS) is 1. The van der Waals surface area contributed by atoms with Crippen molar-refractivity contribution in [2.75, 3.05) is 6.54 Å². The number of rotatable bonds is 5. The molecule has 1 amide bonds. The first-order valence-corrected chi connectivity index (χ1v) is 8.87. The van der Waals surface area contributed by atoms with Crippen molar-refractivity contribution in [1.82, 2.24) is 4.90 Å².